The minimum atomic E-state index is -0.374. The van der Waals surface area contributed by atoms with Gasteiger partial charge in [-0.2, -0.15) is 0 Å². The molecular formula is C18H21FN2O4. The van der Waals surface area contributed by atoms with E-state index in [1.165, 1.54) is 12.1 Å². The third-order valence-corrected chi connectivity index (χ3v) is 4.30. The maximum atomic E-state index is 13.7. The van der Waals surface area contributed by atoms with Gasteiger partial charge in [-0.1, -0.05) is 12.1 Å². The average molecular weight is 348 g/mol. The second kappa shape index (κ2) is 7.23. The van der Waals surface area contributed by atoms with Crippen molar-refractivity contribution in [2.24, 2.45) is 0 Å². The molecule has 1 amide bonds. The molecule has 1 atom stereocenters. The molecule has 2 aromatic rings. The molecule has 0 saturated heterocycles. The predicted octanol–water partition coefficient (Wildman–Crippen LogP) is 3.11. The van der Waals surface area contributed by atoms with Crippen molar-refractivity contribution in [2.45, 2.75) is 46.3 Å². The number of halogens is 1. The van der Waals surface area contributed by atoms with Gasteiger partial charge < -0.3 is 19.3 Å². The van der Waals surface area contributed by atoms with Crippen LogP contribution in [0.5, 0.6) is 5.75 Å². The fourth-order valence-corrected chi connectivity index (χ4v) is 3.23. The largest absolute Gasteiger partial charge is 0.467 e. The van der Waals surface area contributed by atoms with Crippen LogP contribution in [0.4, 0.5) is 4.39 Å². The van der Waals surface area contributed by atoms with Crippen molar-refractivity contribution >= 4 is 5.91 Å². The molecule has 0 saturated carbocycles. The number of hydrogen-bond acceptors (Lipinski definition) is 5. The third kappa shape index (κ3) is 3.82. The number of aromatic nitrogens is 1. The van der Waals surface area contributed by atoms with Gasteiger partial charge >= 0.3 is 0 Å². The van der Waals surface area contributed by atoms with Gasteiger partial charge in [0.05, 0.1) is 12.3 Å². The predicted molar refractivity (Wildman–Crippen MR) is 87.5 cm³/mol. The summed E-state index contributed by atoms with van der Waals surface area (Å²) in [6, 6.07) is 2.77. The van der Waals surface area contributed by atoms with E-state index in [-0.39, 0.29) is 31.0 Å². The monoisotopic (exact) mass is 348 g/mol. The van der Waals surface area contributed by atoms with Gasteiger partial charge in [-0.05, 0) is 31.9 Å². The van der Waals surface area contributed by atoms with Crippen molar-refractivity contribution < 1.29 is 23.2 Å². The highest BCUT2D eigenvalue weighted by atomic mass is 19.1. The van der Waals surface area contributed by atoms with E-state index in [0.717, 1.165) is 17.0 Å². The summed E-state index contributed by atoms with van der Waals surface area (Å²) < 4.78 is 29.5. The molecule has 6 nitrogen and oxygen atoms in total. The summed E-state index contributed by atoms with van der Waals surface area (Å²) in [7, 11) is 0. The van der Waals surface area contributed by atoms with Crippen LogP contribution in [0.3, 0.4) is 0 Å². The highest BCUT2D eigenvalue weighted by Gasteiger charge is 2.20. The van der Waals surface area contributed by atoms with Crippen LogP contribution in [-0.2, 0) is 22.7 Å². The normalized spacial score (nSPS) is 14.6. The van der Waals surface area contributed by atoms with Crippen molar-refractivity contribution in [2.75, 3.05) is 6.79 Å². The number of nitrogens with one attached hydrogen (secondary N) is 1. The molecule has 134 valence electrons. The van der Waals surface area contributed by atoms with Gasteiger partial charge in [0.15, 0.2) is 6.79 Å². The quantitative estimate of drug-likeness (QED) is 0.899. The summed E-state index contributed by atoms with van der Waals surface area (Å²) in [5.74, 6) is 0.799. The summed E-state index contributed by atoms with van der Waals surface area (Å²) in [4.78, 5) is 12.3. The molecule has 1 aliphatic rings. The number of rotatable bonds is 5. The van der Waals surface area contributed by atoms with Crippen molar-refractivity contribution in [3.8, 4) is 5.75 Å². The molecule has 0 spiro atoms. The van der Waals surface area contributed by atoms with Gasteiger partial charge in [0.25, 0.3) is 0 Å². The first kappa shape index (κ1) is 17.4. The number of carbonyl (C=O) groups is 1. The van der Waals surface area contributed by atoms with E-state index in [4.69, 9.17) is 14.0 Å². The zero-order chi connectivity index (χ0) is 18.0. The Bertz CT molecular complexity index is 768. The van der Waals surface area contributed by atoms with Gasteiger partial charge in [-0.25, -0.2) is 4.39 Å². The molecule has 1 aromatic heterocycles. The summed E-state index contributed by atoms with van der Waals surface area (Å²) in [6.07, 6.45) is 0.296. The van der Waals surface area contributed by atoms with E-state index in [9.17, 15) is 9.18 Å². The molecule has 1 aliphatic heterocycles. The molecular weight excluding hydrogens is 327 g/mol. The average Bonchev–Trinajstić information content (AvgIpc) is 2.91. The van der Waals surface area contributed by atoms with Crippen LogP contribution in [0.2, 0.25) is 0 Å². The lowest BCUT2D eigenvalue weighted by atomic mass is 9.96. The lowest BCUT2D eigenvalue weighted by molar-refractivity contribution is -0.121. The Morgan fingerprint density at radius 3 is 2.92 bits per heavy atom. The number of hydrogen-bond donors (Lipinski definition) is 1. The van der Waals surface area contributed by atoms with Crippen molar-refractivity contribution in [1.29, 1.82) is 0 Å². The van der Waals surface area contributed by atoms with Crippen LogP contribution in [0.15, 0.2) is 16.7 Å². The van der Waals surface area contributed by atoms with E-state index in [0.29, 0.717) is 29.9 Å². The standard InChI is InChI=1S/C18H21FN2O4/c1-10(17-11(2)21-25-12(17)3)4-16(22)20-7-13-5-15(19)6-14-8-23-9-24-18(13)14/h5-6,10H,4,7-9H2,1-3H3,(H,20,22)/t10-/m0/s1. The van der Waals surface area contributed by atoms with Crippen LogP contribution in [-0.4, -0.2) is 17.9 Å². The first-order valence-electron chi connectivity index (χ1n) is 8.17. The van der Waals surface area contributed by atoms with Gasteiger partial charge in [0, 0.05) is 29.7 Å². The van der Waals surface area contributed by atoms with Crippen LogP contribution in [0.1, 0.15) is 47.4 Å². The molecule has 2 heterocycles. The van der Waals surface area contributed by atoms with Gasteiger partial charge in [0.2, 0.25) is 5.91 Å². The minimum Gasteiger partial charge on any atom is -0.467 e. The van der Waals surface area contributed by atoms with Crippen molar-refractivity contribution in [3.05, 3.63) is 46.1 Å². The van der Waals surface area contributed by atoms with Crippen LogP contribution in [0, 0.1) is 19.7 Å². The molecule has 0 aliphatic carbocycles. The van der Waals surface area contributed by atoms with E-state index < -0.39 is 0 Å². The number of benzene rings is 1. The molecule has 0 unspecified atom stereocenters. The molecule has 0 bridgehead atoms. The number of ether oxygens (including phenoxy) is 2. The van der Waals surface area contributed by atoms with E-state index in [1.807, 2.05) is 20.8 Å². The highest BCUT2D eigenvalue weighted by molar-refractivity contribution is 5.77. The summed E-state index contributed by atoms with van der Waals surface area (Å²) in [6.45, 7) is 6.28. The van der Waals surface area contributed by atoms with Crippen LogP contribution < -0.4 is 10.1 Å². The minimum absolute atomic E-state index is 0.0164. The van der Waals surface area contributed by atoms with Gasteiger partial charge in [-0.3, -0.25) is 4.79 Å². The molecule has 0 radical (unpaired) electrons. The lowest BCUT2D eigenvalue weighted by Crippen LogP contribution is -2.25. The number of carbonyl (C=O) groups excluding carboxylic acids is 1. The Morgan fingerprint density at radius 1 is 1.40 bits per heavy atom. The number of aryl methyl sites for hydroxylation is 2. The highest BCUT2D eigenvalue weighted by Crippen LogP contribution is 2.30. The first-order valence-corrected chi connectivity index (χ1v) is 8.17. The summed E-state index contributed by atoms with van der Waals surface area (Å²) in [5, 5.41) is 6.75. The SMILES string of the molecule is Cc1noc(C)c1[C@@H](C)CC(=O)NCc1cc(F)cc2c1OCOC2. The molecule has 25 heavy (non-hydrogen) atoms. The second-order valence-electron chi connectivity index (χ2n) is 6.28. The molecule has 7 heteroatoms. The van der Waals surface area contributed by atoms with Crippen molar-refractivity contribution in [1.82, 2.24) is 10.5 Å². The Labute approximate surface area is 145 Å². The lowest BCUT2D eigenvalue weighted by Gasteiger charge is -2.21. The zero-order valence-corrected chi connectivity index (χ0v) is 14.5. The summed E-state index contributed by atoms with van der Waals surface area (Å²) >= 11 is 0. The Balaban J connectivity index is 1.64. The maximum absolute atomic E-state index is 13.7. The molecule has 0 fully saturated rings. The van der Waals surface area contributed by atoms with E-state index in [1.54, 1.807) is 0 Å². The third-order valence-electron chi connectivity index (χ3n) is 4.30. The topological polar surface area (TPSA) is 73.6 Å². The number of amides is 1. The Kier molecular flexibility index (Phi) is 5.03. The van der Waals surface area contributed by atoms with Gasteiger partial charge in [-0.15, -0.1) is 0 Å². The molecule has 3 rings (SSSR count). The van der Waals surface area contributed by atoms with E-state index in [2.05, 4.69) is 10.5 Å². The maximum Gasteiger partial charge on any atom is 0.220 e. The van der Waals surface area contributed by atoms with E-state index >= 15 is 0 Å². The number of fused-ring (bicyclic) bond motifs is 1. The Hall–Kier alpha value is -2.41. The van der Waals surface area contributed by atoms with Gasteiger partial charge in [0.1, 0.15) is 17.3 Å². The number of nitrogens with zero attached hydrogens (tertiary/aromatic N) is 1. The zero-order valence-electron chi connectivity index (χ0n) is 14.5. The summed E-state index contributed by atoms with van der Waals surface area (Å²) in [5.41, 5.74) is 3.01. The smallest absolute Gasteiger partial charge is 0.220 e. The van der Waals surface area contributed by atoms with Crippen molar-refractivity contribution in [3.63, 3.8) is 0 Å². The first-order chi connectivity index (χ1) is 12.0. The van der Waals surface area contributed by atoms with Crippen LogP contribution >= 0.6 is 0 Å². The fourth-order valence-electron chi connectivity index (χ4n) is 3.23. The molecule has 1 aromatic carbocycles. The fraction of sp³-hybridized carbons (Fsp3) is 0.444. The second-order valence-corrected chi connectivity index (χ2v) is 6.28. The van der Waals surface area contributed by atoms with Crippen LogP contribution in [0.25, 0.3) is 0 Å². The Morgan fingerprint density at radius 2 is 2.20 bits per heavy atom. The molecule has 1 N–H and O–H groups in total.